The Balaban J connectivity index is 1.62. The molecule has 1 fully saturated rings. The maximum atomic E-state index is 12.8. The summed E-state index contributed by atoms with van der Waals surface area (Å²) >= 11 is 0. The normalized spacial score (nSPS) is 17.6. The molecule has 2 rings (SSSR count). The monoisotopic (exact) mass is 279 g/mol. The van der Waals surface area contributed by atoms with Crippen molar-refractivity contribution in [1.29, 1.82) is 0 Å². The maximum absolute atomic E-state index is 12.8. The Morgan fingerprint density at radius 2 is 1.90 bits per heavy atom. The number of likely N-dealkylation sites (N-methyl/N-ethyl adjacent to an activating group) is 1. The Morgan fingerprint density at radius 3 is 2.55 bits per heavy atom. The van der Waals surface area contributed by atoms with Gasteiger partial charge in [-0.1, -0.05) is 0 Å². The molecule has 0 unspecified atom stereocenters. The molecule has 1 aromatic rings. The molecule has 20 heavy (non-hydrogen) atoms. The largest absolute Gasteiger partial charge is 0.384 e. The Kier molecular flexibility index (Phi) is 5.80. The minimum Gasteiger partial charge on any atom is -0.384 e. The van der Waals surface area contributed by atoms with Crippen molar-refractivity contribution in [2.45, 2.75) is 12.8 Å². The predicted molar refractivity (Wildman–Crippen MR) is 82.6 cm³/mol. The van der Waals surface area contributed by atoms with Gasteiger partial charge in [0.25, 0.3) is 0 Å². The van der Waals surface area contributed by atoms with E-state index in [1.165, 1.54) is 44.6 Å². The van der Waals surface area contributed by atoms with Crippen LogP contribution in [-0.2, 0) is 0 Å². The molecule has 4 heteroatoms. The average Bonchev–Trinajstić information content (AvgIpc) is 2.44. The second-order valence-electron chi connectivity index (χ2n) is 5.94. The predicted octanol–water partition coefficient (Wildman–Crippen LogP) is 2.51. The lowest BCUT2D eigenvalue weighted by molar-refractivity contribution is 0.178. The van der Waals surface area contributed by atoms with Crippen molar-refractivity contribution in [3.8, 4) is 0 Å². The van der Waals surface area contributed by atoms with Crippen LogP contribution in [0.1, 0.15) is 12.8 Å². The van der Waals surface area contributed by atoms with Crippen LogP contribution in [-0.4, -0.2) is 56.6 Å². The van der Waals surface area contributed by atoms with Crippen LogP contribution in [0.15, 0.2) is 24.3 Å². The van der Waals surface area contributed by atoms with Crippen molar-refractivity contribution < 1.29 is 4.39 Å². The van der Waals surface area contributed by atoms with E-state index in [1.807, 2.05) is 0 Å². The molecule has 1 saturated heterocycles. The first-order chi connectivity index (χ1) is 9.63. The summed E-state index contributed by atoms with van der Waals surface area (Å²) in [6.45, 7) is 5.55. The molecule has 1 heterocycles. The highest BCUT2D eigenvalue weighted by Crippen LogP contribution is 2.16. The first-order valence-electron chi connectivity index (χ1n) is 7.50. The van der Waals surface area contributed by atoms with Gasteiger partial charge in [-0.15, -0.1) is 0 Å². The van der Waals surface area contributed by atoms with E-state index in [4.69, 9.17) is 0 Å². The third-order valence-electron chi connectivity index (χ3n) is 4.07. The Labute approximate surface area is 121 Å². The van der Waals surface area contributed by atoms with Crippen LogP contribution in [0.3, 0.4) is 0 Å². The molecule has 0 bridgehead atoms. The van der Waals surface area contributed by atoms with Gasteiger partial charge in [0.05, 0.1) is 0 Å². The fourth-order valence-electron chi connectivity index (χ4n) is 2.74. The van der Waals surface area contributed by atoms with Gasteiger partial charge < -0.3 is 15.1 Å². The zero-order valence-electron chi connectivity index (χ0n) is 12.6. The van der Waals surface area contributed by atoms with Gasteiger partial charge in [-0.25, -0.2) is 4.39 Å². The maximum Gasteiger partial charge on any atom is 0.123 e. The lowest BCUT2D eigenvalue weighted by atomic mass is 9.97. The molecule has 0 aromatic heterocycles. The summed E-state index contributed by atoms with van der Waals surface area (Å²) in [5.41, 5.74) is 0.985. The molecule has 0 radical (unpaired) electrons. The van der Waals surface area contributed by atoms with Gasteiger partial charge in [-0.3, -0.25) is 0 Å². The molecule has 1 aliphatic rings. The quantitative estimate of drug-likeness (QED) is 0.863. The standard InChI is InChI=1S/C16H26FN3/c1-19-10-7-14(8-11-19)13-20(2)12-9-18-16-5-3-15(17)4-6-16/h3-6,14,18H,7-13H2,1-2H3. The van der Waals surface area contributed by atoms with Crippen molar-refractivity contribution in [3.05, 3.63) is 30.1 Å². The van der Waals surface area contributed by atoms with Gasteiger partial charge in [-0.2, -0.15) is 0 Å². The number of halogens is 1. The van der Waals surface area contributed by atoms with E-state index in [1.54, 1.807) is 12.1 Å². The zero-order chi connectivity index (χ0) is 14.4. The number of nitrogens with zero attached hydrogens (tertiary/aromatic N) is 2. The number of piperidine rings is 1. The van der Waals surface area contributed by atoms with Gasteiger partial charge in [0.2, 0.25) is 0 Å². The molecule has 1 aliphatic heterocycles. The smallest absolute Gasteiger partial charge is 0.123 e. The van der Waals surface area contributed by atoms with E-state index in [2.05, 4.69) is 29.2 Å². The summed E-state index contributed by atoms with van der Waals surface area (Å²) in [7, 11) is 4.39. The molecule has 0 atom stereocenters. The summed E-state index contributed by atoms with van der Waals surface area (Å²) in [4.78, 5) is 4.80. The van der Waals surface area contributed by atoms with Gasteiger partial charge in [0, 0.05) is 25.3 Å². The number of anilines is 1. The number of rotatable bonds is 6. The summed E-state index contributed by atoms with van der Waals surface area (Å²) in [5, 5.41) is 3.33. The highest BCUT2D eigenvalue weighted by atomic mass is 19.1. The van der Waals surface area contributed by atoms with Crippen LogP contribution in [0, 0.1) is 11.7 Å². The highest BCUT2D eigenvalue weighted by molar-refractivity contribution is 5.42. The summed E-state index contributed by atoms with van der Waals surface area (Å²) in [6, 6.07) is 6.55. The van der Waals surface area contributed by atoms with Crippen LogP contribution in [0.4, 0.5) is 10.1 Å². The van der Waals surface area contributed by atoms with Crippen LogP contribution in [0.2, 0.25) is 0 Å². The molecule has 0 spiro atoms. The van der Waals surface area contributed by atoms with Crippen molar-refractivity contribution in [2.75, 3.05) is 52.1 Å². The Hall–Kier alpha value is -1.13. The second-order valence-corrected chi connectivity index (χ2v) is 5.94. The average molecular weight is 279 g/mol. The molecule has 0 aliphatic carbocycles. The second kappa shape index (κ2) is 7.60. The van der Waals surface area contributed by atoms with Gasteiger partial charge >= 0.3 is 0 Å². The van der Waals surface area contributed by atoms with E-state index in [0.29, 0.717) is 0 Å². The highest BCUT2D eigenvalue weighted by Gasteiger charge is 2.17. The SMILES string of the molecule is CN1CCC(CN(C)CCNc2ccc(F)cc2)CC1. The van der Waals surface area contributed by atoms with Crippen LogP contribution < -0.4 is 5.32 Å². The van der Waals surface area contributed by atoms with Crippen molar-refractivity contribution in [1.82, 2.24) is 9.80 Å². The van der Waals surface area contributed by atoms with Crippen molar-refractivity contribution >= 4 is 5.69 Å². The molecular weight excluding hydrogens is 253 g/mol. The molecule has 0 amide bonds. The van der Waals surface area contributed by atoms with Gasteiger partial charge in [-0.05, 0) is 70.2 Å². The van der Waals surface area contributed by atoms with Crippen LogP contribution in [0.5, 0.6) is 0 Å². The van der Waals surface area contributed by atoms with E-state index >= 15 is 0 Å². The minimum atomic E-state index is -0.185. The lowest BCUT2D eigenvalue weighted by Crippen LogP contribution is -2.37. The van der Waals surface area contributed by atoms with E-state index in [-0.39, 0.29) is 5.82 Å². The van der Waals surface area contributed by atoms with E-state index in [9.17, 15) is 4.39 Å². The van der Waals surface area contributed by atoms with Gasteiger partial charge in [0.1, 0.15) is 5.82 Å². The molecule has 0 saturated carbocycles. The van der Waals surface area contributed by atoms with E-state index < -0.39 is 0 Å². The minimum absolute atomic E-state index is 0.185. The number of likely N-dealkylation sites (tertiary alicyclic amines) is 1. The number of benzene rings is 1. The molecule has 1 N–H and O–H groups in total. The number of nitrogens with one attached hydrogen (secondary N) is 1. The molecule has 1 aromatic carbocycles. The topological polar surface area (TPSA) is 18.5 Å². The third kappa shape index (κ3) is 5.10. The Bertz CT molecular complexity index is 385. The van der Waals surface area contributed by atoms with Crippen molar-refractivity contribution in [2.24, 2.45) is 5.92 Å². The number of hydrogen-bond donors (Lipinski definition) is 1. The Morgan fingerprint density at radius 1 is 1.25 bits per heavy atom. The molecular formula is C16H26FN3. The van der Waals surface area contributed by atoms with Gasteiger partial charge in [0.15, 0.2) is 0 Å². The summed E-state index contributed by atoms with van der Waals surface area (Å²) < 4.78 is 12.8. The van der Waals surface area contributed by atoms with Crippen molar-refractivity contribution in [3.63, 3.8) is 0 Å². The summed E-state index contributed by atoms with van der Waals surface area (Å²) in [6.07, 6.45) is 2.62. The fourth-order valence-corrected chi connectivity index (χ4v) is 2.74. The molecule has 3 nitrogen and oxygen atoms in total. The number of hydrogen-bond acceptors (Lipinski definition) is 3. The zero-order valence-corrected chi connectivity index (χ0v) is 12.6. The first-order valence-corrected chi connectivity index (χ1v) is 7.50. The van der Waals surface area contributed by atoms with Crippen LogP contribution >= 0.6 is 0 Å². The summed E-state index contributed by atoms with van der Waals surface area (Å²) in [5.74, 6) is 0.650. The third-order valence-corrected chi connectivity index (χ3v) is 4.07. The first kappa shape index (κ1) is 15.3. The fraction of sp³-hybridized carbons (Fsp3) is 0.625. The molecule has 112 valence electrons. The van der Waals surface area contributed by atoms with E-state index in [0.717, 1.165) is 24.7 Å². The van der Waals surface area contributed by atoms with Crippen LogP contribution in [0.25, 0.3) is 0 Å². The lowest BCUT2D eigenvalue weighted by Gasteiger charge is -2.31.